The number of nitrogens with two attached hydrogens (primary N) is 1. The first kappa shape index (κ1) is 22.8. The lowest BCUT2D eigenvalue weighted by Gasteiger charge is -2.26. The summed E-state index contributed by atoms with van der Waals surface area (Å²) in [6, 6.07) is 18.2. The van der Waals surface area contributed by atoms with Crippen LogP contribution < -0.4 is 15.2 Å². The van der Waals surface area contributed by atoms with Crippen molar-refractivity contribution in [3.05, 3.63) is 83.2 Å². The molecule has 7 heteroatoms. The number of nitrogens with zero attached hydrogens (tertiary/aromatic N) is 1. The van der Waals surface area contributed by atoms with Crippen LogP contribution in [0.3, 0.4) is 0 Å². The maximum absolute atomic E-state index is 14.8. The third kappa shape index (κ3) is 4.14. The van der Waals surface area contributed by atoms with E-state index in [1.807, 2.05) is 50.1 Å². The Morgan fingerprint density at radius 1 is 1.03 bits per heavy atom. The normalized spacial score (nSPS) is 16.9. The first-order valence-electron chi connectivity index (χ1n) is 9.83. The van der Waals surface area contributed by atoms with Gasteiger partial charge in [0.2, 0.25) is 0 Å². The fourth-order valence-corrected chi connectivity index (χ4v) is 3.82. The summed E-state index contributed by atoms with van der Waals surface area (Å²) in [5, 5.41) is 0. The molecule has 0 bridgehead atoms. The van der Waals surface area contributed by atoms with E-state index in [1.54, 1.807) is 32.4 Å². The highest BCUT2D eigenvalue weighted by atomic mass is 19.1. The molecule has 3 aromatic carbocycles. The highest BCUT2D eigenvalue weighted by molar-refractivity contribution is 5.76. The van der Waals surface area contributed by atoms with E-state index in [2.05, 4.69) is 4.99 Å². The van der Waals surface area contributed by atoms with E-state index in [-0.39, 0.29) is 18.4 Å². The molecule has 0 fully saturated rings. The molecule has 0 saturated heterocycles. The second-order valence-electron chi connectivity index (χ2n) is 7.21. The molecule has 1 aliphatic rings. The van der Waals surface area contributed by atoms with Gasteiger partial charge in [-0.2, -0.15) is 0 Å². The number of methoxy groups -OCH3 is 2. The van der Waals surface area contributed by atoms with Crippen LogP contribution in [0.4, 0.5) is 4.39 Å². The zero-order valence-corrected chi connectivity index (χ0v) is 18.2. The fourth-order valence-electron chi connectivity index (χ4n) is 3.82. The second-order valence-corrected chi connectivity index (χ2v) is 7.21. The van der Waals surface area contributed by atoms with E-state index in [1.165, 1.54) is 6.07 Å². The summed E-state index contributed by atoms with van der Waals surface area (Å²) in [6.45, 7) is 4.19. The molecular weight excluding hydrogens is 411 g/mol. The molecule has 1 aliphatic heterocycles. The van der Waals surface area contributed by atoms with Gasteiger partial charge in [0.05, 0.1) is 14.2 Å². The number of amidine groups is 1. The zero-order chi connectivity index (χ0) is 23.3. The third-order valence-corrected chi connectivity index (χ3v) is 5.43. The number of carbonyl (C=O) groups excluding carboxylic acids is 1. The first-order valence-corrected chi connectivity index (χ1v) is 9.83. The van der Waals surface area contributed by atoms with Gasteiger partial charge in [-0.1, -0.05) is 24.3 Å². The molecule has 1 heterocycles. The van der Waals surface area contributed by atoms with Crippen LogP contribution in [-0.2, 0) is 15.1 Å². The maximum Gasteiger partial charge on any atom is 0.283 e. The van der Waals surface area contributed by atoms with Gasteiger partial charge in [0, 0.05) is 5.56 Å². The van der Waals surface area contributed by atoms with Crippen molar-refractivity contribution in [2.24, 2.45) is 10.7 Å². The number of rotatable bonds is 5. The average molecular weight is 436 g/mol. The second kappa shape index (κ2) is 9.51. The Morgan fingerprint density at radius 2 is 1.75 bits per heavy atom. The average Bonchev–Trinajstić information content (AvgIpc) is 3.23. The van der Waals surface area contributed by atoms with E-state index < -0.39 is 5.54 Å². The van der Waals surface area contributed by atoms with Gasteiger partial charge in [0.15, 0.2) is 5.54 Å². The molecule has 0 spiro atoms. The van der Waals surface area contributed by atoms with E-state index in [0.717, 1.165) is 22.4 Å². The number of halogens is 1. The predicted octanol–water partition coefficient (Wildman–Crippen LogP) is 4.22. The lowest BCUT2D eigenvalue weighted by Crippen LogP contribution is -2.27. The summed E-state index contributed by atoms with van der Waals surface area (Å²) in [6.07, 6.45) is 0. The Kier molecular flexibility index (Phi) is 6.78. The lowest BCUT2D eigenvalue weighted by molar-refractivity contribution is -0.0979. The maximum atomic E-state index is 14.8. The minimum atomic E-state index is -0.873. The number of hydrogen-bond donors (Lipinski definition) is 1. The van der Waals surface area contributed by atoms with Gasteiger partial charge in [-0.3, -0.25) is 0 Å². The van der Waals surface area contributed by atoms with Crippen LogP contribution in [0, 0.1) is 12.7 Å². The van der Waals surface area contributed by atoms with Crippen molar-refractivity contribution in [3.8, 4) is 22.6 Å². The van der Waals surface area contributed by atoms with Crippen molar-refractivity contribution < 1.29 is 23.4 Å². The molecule has 3 aromatic rings. The smallest absolute Gasteiger partial charge is 0.283 e. The van der Waals surface area contributed by atoms with Crippen molar-refractivity contribution in [3.63, 3.8) is 0 Å². The number of hydrogen-bond acceptors (Lipinski definition) is 6. The van der Waals surface area contributed by atoms with Crippen LogP contribution in [0.5, 0.6) is 11.5 Å². The first-order chi connectivity index (χ1) is 15.5. The Labute approximate surface area is 186 Å². The van der Waals surface area contributed by atoms with E-state index in [9.17, 15) is 4.39 Å². The zero-order valence-electron chi connectivity index (χ0n) is 18.2. The standard InChI is InChI=1S/C24H23FN2O3.CH2O/c1-15-11-17(8-10-22(15)29-3)24(14-30-23(26)27-24)18-7-9-21(25)20(13-18)16-5-4-6-19(12-16)28-2;1-2/h4-13H,14H2,1-3H3,(H2,26,27);1H2. The molecule has 0 saturated carbocycles. The number of benzene rings is 3. The van der Waals surface area contributed by atoms with Gasteiger partial charge < -0.3 is 24.7 Å². The molecule has 0 aliphatic carbocycles. The SMILES string of the molecule is C=O.COc1cccc(-c2cc(C3(c4ccc(OC)c(C)c4)COC(N)=N3)ccc2F)c1. The van der Waals surface area contributed by atoms with E-state index in [4.69, 9.17) is 24.7 Å². The Balaban J connectivity index is 0.00000141. The summed E-state index contributed by atoms with van der Waals surface area (Å²) in [5.41, 5.74) is 8.84. The summed E-state index contributed by atoms with van der Waals surface area (Å²) < 4.78 is 31.0. The third-order valence-electron chi connectivity index (χ3n) is 5.43. The summed E-state index contributed by atoms with van der Waals surface area (Å²) >= 11 is 0. The van der Waals surface area contributed by atoms with Gasteiger partial charge in [-0.15, -0.1) is 0 Å². The molecule has 2 N–H and O–H groups in total. The Bertz CT molecular complexity index is 1150. The number of carbonyl (C=O) groups is 1. The number of aryl methyl sites for hydroxylation is 1. The van der Waals surface area contributed by atoms with Gasteiger partial charge >= 0.3 is 0 Å². The molecule has 0 radical (unpaired) electrons. The Morgan fingerprint density at radius 3 is 2.38 bits per heavy atom. The Hall–Kier alpha value is -3.87. The van der Waals surface area contributed by atoms with Gasteiger partial charge in [0.25, 0.3) is 6.02 Å². The van der Waals surface area contributed by atoms with Crippen molar-refractivity contribution in [1.82, 2.24) is 0 Å². The van der Waals surface area contributed by atoms with Crippen LogP contribution in [0.25, 0.3) is 11.1 Å². The molecule has 166 valence electrons. The largest absolute Gasteiger partial charge is 0.497 e. The fraction of sp³-hybridized carbons (Fsp3) is 0.200. The van der Waals surface area contributed by atoms with Crippen LogP contribution in [0.1, 0.15) is 16.7 Å². The summed E-state index contributed by atoms with van der Waals surface area (Å²) in [4.78, 5) is 12.6. The summed E-state index contributed by atoms with van der Waals surface area (Å²) in [7, 11) is 3.22. The molecule has 6 nitrogen and oxygen atoms in total. The molecule has 4 rings (SSSR count). The molecule has 0 aromatic heterocycles. The van der Waals surface area contributed by atoms with E-state index >= 15 is 0 Å². The molecule has 32 heavy (non-hydrogen) atoms. The highest BCUT2D eigenvalue weighted by Gasteiger charge is 2.40. The summed E-state index contributed by atoms with van der Waals surface area (Å²) in [5.74, 6) is 1.11. The molecular formula is C25H25FN2O4. The topological polar surface area (TPSA) is 83.1 Å². The van der Waals surface area contributed by atoms with Crippen LogP contribution in [0.15, 0.2) is 65.7 Å². The minimum absolute atomic E-state index is 0.107. The van der Waals surface area contributed by atoms with Crippen molar-refractivity contribution >= 4 is 12.8 Å². The minimum Gasteiger partial charge on any atom is -0.497 e. The van der Waals surface area contributed by atoms with Crippen molar-refractivity contribution in [2.45, 2.75) is 12.5 Å². The molecule has 1 atom stereocenters. The molecule has 0 amide bonds. The monoisotopic (exact) mass is 436 g/mol. The number of ether oxygens (including phenoxy) is 3. The lowest BCUT2D eigenvalue weighted by atomic mass is 9.82. The van der Waals surface area contributed by atoms with Gasteiger partial charge in [0.1, 0.15) is 30.7 Å². The quantitative estimate of drug-likeness (QED) is 0.647. The van der Waals surface area contributed by atoms with Crippen LogP contribution in [-0.4, -0.2) is 33.6 Å². The number of aliphatic imine (C=N–C) groups is 1. The predicted molar refractivity (Wildman–Crippen MR) is 122 cm³/mol. The van der Waals surface area contributed by atoms with Gasteiger partial charge in [-0.25, -0.2) is 9.38 Å². The highest BCUT2D eigenvalue weighted by Crippen LogP contribution is 2.41. The molecule has 1 unspecified atom stereocenters. The van der Waals surface area contributed by atoms with Crippen LogP contribution in [0.2, 0.25) is 0 Å². The van der Waals surface area contributed by atoms with Crippen molar-refractivity contribution in [1.29, 1.82) is 0 Å². The van der Waals surface area contributed by atoms with E-state index in [0.29, 0.717) is 16.9 Å². The van der Waals surface area contributed by atoms with Crippen molar-refractivity contribution in [2.75, 3.05) is 20.8 Å². The van der Waals surface area contributed by atoms with Gasteiger partial charge in [-0.05, 0) is 65.6 Å². The van der Waals surface area contributed by atoms with Crippen LogP contribution >= 0.6 is 0 Å².